The molecule has 1 aliphatic rings. The first kappa shape index (κ1) is 23.8. The van der Waals surface area contributed by atoms with Crippen LogP contribution in [0.5, 0.6) is 11.5 Å². The Balaban J connectivity index is 1.53. The number of halogens is 1. The zero-order chi connectivity index (χ0) is 24.2. The molecule has 0 aromatic heterocycles. The molecule has 0 radical (unpaired) electrons. The van der Waals surface area contributed by atoms with Crippen LogP contribution in [0.3, 0.4) is 0 Å². The summed E-state index contributed by atoms with van der Waals surface area (Å²) in [6.45, 7) is 2.17. The van der Waals surface area contributed by atoms with Gasteiger partial charge in [-0.05, 0) is 81.6 Å². The minimum Gasteiger partial charge on any atom is -0.493 e. The summed E-state index contributed by atoms with van der Waals surface area (Å²) in [7, 11) is 1.46. The van der Waals surface area contributed by atoms with Crippen molar-refractivity contribution in [3.63, 3.8) is 0 Å². The number of rotatable bonds is 6. The van der Waals surface area contributed by atoms with E-state index in [-0.39, 0.29) is 23.4 Å². The van der Waals surface area contributed by atoms with Crippen molar-refractivity contribution in [1.29, 1.82) is 0 Å². The van der Waals surface area contributed by atoms with Gasteiger partial charge in [0.05, 0.1) is 24.1 Å². The molecule has 0 unspecified atom stereocenters. The van der Waals surface area contributed by atoms with Crippen LogP contribution >= 0.6 is 27.7 Å². The maximum atomic E-state index is 12.9. The number of hydrogen-bond donors (Lipinski definition) is 0. The topological polar surface area (TPSA) is 72.9 Å². The molecule has 34 heavy (non-hydrogen) atoms. The summed E-state index contributed by atoms with van der Waals surface area (Å²) in [6.07, 6.45) is 1.63. The molecule has 2 amide bonds. The molecule has 0 bridgehead atoms. The standard InChI is InChI=1S/C26H20BrNO5S/c1-16-7-3-4-8-18(16)15-28-24(29)23(34-26(28)31)14-17-11-12-21(22(13-17)32-2)33-25(30)19-9-5-6-10-20(19)27/h3-14H,15H2,1-2H3/b23-14-. The summed E-state index contributed by atoms with van der Waals surface area (Å²) in [6, 6.07) is 19.5. The van der Waals surface area contributed by atoms with E-state index in [1.165, 1.54) is 12.0 Å². The van der Waals surface area contributed by atoms with E-state index in [0.29, 0.717) is 26.3 Å². The summed E-state index contributed by atoms with van der Waals surface area (Å²) >= 11 is 4.24. The van der Waals surface area contributed by atoms with Crippen LogP contribution in [-0.2, 0) is 11.3 Å². The van der Waals surface area contributed by atoms with Crippen molar-refractivity contribution in [2.75, 3.05) is 7.11 Å². The molecule has 3 aromatic rings. The fourth-order valence-corrected chi connectivity index (χ4v) is 4.67. The molecule has 0 spiro atoms. The number of imide groups is 1. The summed E-state index contributed by atoms with van der Waals surface area (Å²) in [5, 5.41) is -0.314. The van der Waals surface area contributed by atoms with Gasteiger partial charge in [0, 0.05) is 4.47 Å². The third-order valence-electron chi connectivity index (χ3n) is 5.25. The lowest BCUT2D eigenvalue weighted by Gasteiger charge is -2.14. The second kappa shape index (κ2) is 10.3. The van der Waals surface area contributed by atoms with Gasteiger partial charge in [-0.1, -0.05) is 42.5 Å². The van der Waals surface area contributed by atoms with E-state index in [1.807, 2.05) is 31.2 Å². The molecule has 0 aliphatic carbocycles. The van der Waals surface area contributed by atoms with E-state index in [1.54, 1.807) is 48.5 Å². The quantitative estimate of drug-likeness (QED) is 0.211. The minimum absolute atomic E-state index is 0.224. The molecular weight excluding hydrogens is 518 g/mol. The first-order valence-electron chi connectivity index (χ1n) is 10.3. The van der Waals surface area contributed by atoms with E-state index >= 15 is 0 Å². The van der Waals surface area contributed by atoms with Crippen molar-refractivity contribution < 1.29 is 23.9 Å². The van der Waals surface area contributed by atoms with Crippen LogP contribution in [-0.4, -0.2) is 29.1 Å². The fourth-order valence-electron chi connectivity index (χ4n) is 3.39. The first-order valence-corrected chi connectivity index (χ1v) is 11.9. The number of hydrogen-bond acceptors (Lipinski definition) is 6. The number of thioether (sulfide) groups is 1. The van der Waals surface area contributed by atoms with Crippen LogP contribution in [0.2, 0.25) is 0 Å². The Morgan fingerprint density at radius 3 is 2.50 bits per heavy atom. The average Bonchev–Trinajstić information content (AvgIpc) is 3.08. The van der Waals surface area contributed by atoms with Crippen molar-refractivity contribution in [1.82, 2.24) is 4.90 Å². The molecule has 0 atom stereocenters. The van der Waals surface area contributed by atoms with Crippen molar-refractivity contribution in [2.45, 2.75) is 13.5 Å². The van der Waals surface area contributed by atoms with Gasteiger partial charge >= 0.3 is 5.97 Å². The smallest absolute Gasteiger partial charge is 0.344 e. The highest BCUT2D eigenvalue weighted by molar-refractivity contribution is 9.10. The lowest BCUT2D eigenvalue weighted by atomic mass is 10.1. The Kier molecular flexibility index (Phi) is 7.19. The predicted octanol–water partition coefficient (Wildman–Crippen LogP) is 6.22. The van der Waals surface area contributed by atoms with Gasteiger partial charge in [-0.15, -0.1) is 0 Å². The molecule has 0 N–H and O–H groups in total. The monoisotopic (exact) mass is 537 g/mol. The van der Waals surface area contributed by atoms with Gasteiger partial charge in [-0.2, -0.15) is 0 Å². The molecular formula is C26H20BrNO5S. The van der Waals surface area contributed by atoms with Gasteiger partial charge in [0.2, 0.25) is 0 Å². The summed E-state index contributed by atoms with van der Waals surface area (Å²) in [5.41, 5.74) is 2.96. The lowest BCUT2D eigenvalue weighted by molar-refractivity contribution is -0.123. The second-order valence-electron chi connectivity index (χ2n) is 7.47. The van der Waals surface area contributed by atoms with Gasteiger partial charge in [0.25, 0.3) is 11.1 Å². The zero-order valence-corrected chi connectivity index (χ0v) is 20.8. The number of ether oxygens (including phenoxy) is 2. The van der Waals surface area contributed by atoms with Gasteiger partial charge in [-0.3, -0.25) is 14.5 Å². The molecule has 1 saturated heterocycles. The number of aryl methyl sites for hydroxylation is 1. The van der Waals surface area contributed by atoms with E-state index in [2.05, 4.69) is 15.9 Å². The molecule has 4 rings (SSSR count). The summed E-state index contributed by atoms with van der Waals surface area (Å²) < 4.78 is 11.5. The van der Waals surface area contributed by atoms with E-state index in [9.17, 15) is 14.4 Å². The highest BCUT2D eigenvalue weighted by Crippen LogP contribution is 2.36. The Labute approximate surface area is 209 Å². The van der Waals surface area contributed by atoms with Crippen molar-refractivity contribution in [3.05, 3.63) is 98.4 Å². The first-order chi connectivity index (χ1) is 16.4. The molecule has 1 heterocycles. The van der Waals surface area contributed by atoms with Gasteiger partial charge in [0.15, 0.2) is 11.5 Å². The number of benzene rings is 3. The number of carbonyl (C=O) groups is 3. The fraction of sp³-hybridized carbons (Fsp3) is 0.115. The maximum Gasteiger partial charge on any atom is 0.344 e. The largest absolute Gasteiger partial charge is 0.493 e. The Bertz CT molecular complexity index is 1320. The maximum absolute atomic E-state index is 12.9. The number of amides is 2. The molecule has 1 fully saturated rings. The second-order valence-corrected chi connectivity index (χ2v) is 9.32. The predicted molar refractivity (Wildman–Crippen MR) is 135 cm³/mol. The van der Waals surface area contributed by atoms with Crippen LogP contribution in [0.15, 0.2) is 76.1 Å². The Morgan fingerprint density at radius 1 is 1.03 bits per heavy atom. The van der Waals surface area contributed by atoms with Gasteiger partial charge in [0.1, 0.15) is 0 Å². The highest BCUT2D eigenvalue weighted by atomic mass is 79.9. The van der Waals surface area contributed by atoms with Crippen molar-refractivity contribution >= 4 is 50.9 Å². The van der Waals surface area contributed by atoms with Crippen LogP contribution < -0.4 is 9.47 Å². The zero-order valence-electron chi connectivity index (χ0n) is 18.4. The number of nitrogens with zero attached hydrogens (tertiary/aromatic N) is 1. The lowest BCUT2D eigenvalue weighted by Crippen LogP contribution is -2.27. The highest BCUT2D eigenvalue weighted by Gasteiger charge is 2.35. The van der Waals surface area contributed by atoms with Crippen molar-refractivity contribution in [2.24, 2.45) is 0 Å². The molecule has 8 heteroatoms. The molecule has 3 aromatic carbocycles. The van der Waals surface area contributed by atoms with E-state index in [4.69, 9.17) is 9.47 Å². The molecule has 6 nitrogen and oxygen atoms in total. The van der Waals surface area contributed by atoms with Crippen LogP contribution in [0.1, 0.15) is 27.0 Å². The third-order valence-corrected chi connectivity index (χ3v) is 6.84. The number of carbonyl (C=O) groups excluding carboxylic acids is 3. The van der Waals surface area contributed by atoms with Gasteiger partial charge < -0.3 is 9.47 Å². The SMILES string of the molecule is COc1cc(/C=C2\SC(=O)N(Cc3ccccc3C)C2=O)ccc1OC(=O)c1ccccc1Br. The Hall–Kier alpha value is -3.36. The van der Waals surface area contributed by atoms with E-state index < -0.39 is 5.97 Å². The summed E-state index contributed by atoms with van der Waals surface area (Å²) in [5.74, 6) is -0.307. The third kappa shape index (κ3) is 5.08. The van der Waals surface area contributed by atoms with Crippen LogP contribution in [0.25, 0.3) is 6.08 Å². The van der Waals surface area contributed by atoms with Crippen LogP contribution in [0.4, 0.5) is 4.79 Å². The number of methoxy groups -OCH3 is 1. The summed E-state index contributed by atoms with van der Waals surface area (Å²) in [4.78, 5) is 39.5. The van der Waals surface area contributed by atoms with E-state index in [0.717, 1.165) is 22.9 Å². The molecule has 0 saturated carbocycles. The normalized spacial score (nSPS) is 14.6. The number of esters is 1. The molecule has 172 valence electrons. The van der Waals surface area contributed by atoms with Crippen molar-refractivity contribution in [3.8, 4) is 11.5 Å². The average molecular weight is 538 g/mol. The minimum atomic E-state index is -0.532. The molecule has 1 aliphatic heterocycles. The Morgan fingerprint density at radius 2 is 1.76 bits per heavy atom. The van der Waals surface area contributed by atoms with Crippen LogP contribution in [0, 0.1) is 6.92 Å². The van der Waals surface area contributed by atoms with Gasteiger partial charge in [-0.25, -0.2) is 4.79 Å².